The number of nitrogens with one attached hydrogen (secondary N) is 1. The van der Waals surface area contributed by atoms with Crippen molar-refractivity contribution in [2.75, 3.05) is 18.4 Å². The van der Waals surface area contributed by atoms with E-state index >= 15 is 0 Å². The predicted molar refractivity (Wildman–Crippen MR) is 122 cm³/mol. The third-order valence-electron chi connectivity index (χ3n) is 5.11. The third-order valence-corrected chi connectivity index (χ3v) is 8.02. The van der Waals surface area contributed by atoms with Crippen molar-refractivity contribution in [1.29, 1.82) is 0 Å². The van der Waals surface area contributed by atoms with Gasteiger partial charge in [0.1, 0.15) is 0 Å². The quantitative estimate of drug-likeness (QED) is 0.514. The molecule has 32 heavy (non-hydrogen) atoms. The highest BCUT2D eigenvalue weighted by Crippen LogP contribution is 2.23. The molecule has 1 aliphatic heterocycles. The second-order valence-electron chi connectivity index (χ2n) is 7.40. The highest BCUT2D eigenvalue weighted by Gasteiger charge is 2.25. The van der Waals surface area contributed by atoms with Crippen molar-refractivity contribution in [2.24, 2.45) is 0 Å². The molecule has 10 heteroatoms. The number of benzene rings is 2. The maximum atomic E-state index is 12.9. The van der Waals surface area contributed by atoms with Gasteiger partial charge in [-0.2, -0.15) is 4.31 Å². The average Bonchev–Trinajstić information content (AvgIpc) is 3.07. The minimum absolute atomic E-state index is 0.0000681. The molecular formula is C22H24N4O4S2. The Labute approximate surface area is 191 Å². The molecule has 1 saturated heterocycles. The smallest absolute Gasteiger partial charge is 0.322 e. The van der Waals surface area contributed by atoms with Crippen molar-refractivity contribution >= 4 is 33.7 Å². The summed E-state index contributed by atoms with van der Waals surface area (Å²) in [7, 11) is -3.55. The van der Waals surface area contributed by atoms with Gasteiger partial charge in [-0.15, -0.1) is 16.9 Å². The Hall–Kier alpha value is -2.69. The van der Waals surface area contributed by atoms with Crippen LogP contribution < -0.4 is 5.32 Å². The van der Waals surface area contributed by atoms with Gasteiger partial charge >= 0.3 is 6.01 Å². The Morgan fingerprint density at radius 3 is 2.34 bits per heavy atom. The minimum atomic E-state index is -3.55. The number of amides is 1. The first kappa shape index (κ1) is 22.5. The molecule has 2 aromatic carbocycles. The average molecular weight is 473 g/mol. The number of hydrogen-bond acceptors (Lipinski definition) is 7. The van der Waals surface area contributed by atoms with Crippen molar-refractivity contribution in [2.45, 2.75) is 41.2 Å². The van der Waals surface area contributed by atoms with Crippen molar-refractivity contribution in [3.8, 4) is 0 Å². The summed E-state index contributed by atoms with van der Waals surface area (Å²) in [5.41, 5.74) is 0.304. The lowest BCUT2D eigenvalue weighted by Crippen LogP contribution is -2.31. The van der Waals surface area contributed by atoms with Crippen molar-refractivity contribution in [3.63, 3.8) is 0 Å². The molecule has 0 saturated carbocycles. The largest absolute Gasteiger partial charge is 0.407 e. The molecule has 1 N–H and O–H groups in total. The molecule has 0 radical (unpaired) electrons. The number of thioether (sulfide) groups is 1. The number of carbonyl (C=O) groups excluding carboxylic acids is 1. The van der Waals surface area contributed by atoms with Gasteiger partial charge in [-0.1, -0.05) is 36.1 Å². The normalized spacial score (nSPS) is 15.2. The van der Waals surface area contributed by atoms with Crippen LogP contribution in [-0.2, 0) is 15.8 Å². The molecule has 4 rings (SSSR count). The number of anilines is 1. The van der Waals surface area contributed by atoms with Gasteiger partial charge in [0, 0.05) is 23.5 Å². The Morgan fingerprint density at radius 1 is 0.969 bits per heavy atom. The summed E-state index contributed by atoms with van der Waals surface area (Å²) in [6, 6.07) is 15.7. The molecule has 2 heterocycles. The summed E-state index contributed by atoms with van der Waals surface area (Å²) in [5, 5.41) is 10.4. The van der Waals surface area contributed by atoms with Gasteiger partial charge < -0.3 is 4.42 Å². The zero-order valence-electron chi connectivity index (χ0n) is 17.4. The molecule has 1 aliphatic rings. The van der Waals surface area contributed by atoms with Gasteiger partial charge in [0.2, 0.25) is 15.9 Å². The lowest BCUT2D eigenvalue weighted by atomic mass is 10.2. The molecule has 0 bridgehead atoms. The van der Waals surface area contributed by atoms with Crippen LogP contribution in [0.1, 0.15) is 41.9 Å². The topological polar surface area (TPSA) is 105 Å². The zero-order chi connectivity index (χ0) is 22.4. The molecule has 1 aromatic heterocycles. The molecule has 0 unspecified atom stereocenters. The van der Waals surface area contributed by atoms with E-state index in [0.717, 1.165) is 30.6 Å². The van der Waals surface area contributed by atoms with Gasteiger partial charge in [-0.05, 0) is 49.2 Å². The fourth-order valence-electron chi connectivity index (χ4n) is 3.40. The molecular weight excluding hydrogens is 448 g/mol. The number of aromatic nitrogens is 2. The molecule has 0 spiro atoms. The predicted octanol–water partition coefficient (Wildman–Crippen LogP) is 4.18. The van der Waals surface area contributed by atoms with Crippen LogP contribution in [0.4, 0.5) is 6.01 Å². The molecule has 1 fully saturated rings. The van der Waals surface area contributed by atoms with Gasteiger partial charge in [0.25, 0.3) is 5.91 Å². The molecule has 1 amide bonds. The second kappa shape index (κ2) is 10.3. The second-order valence-corrected chi connectivity index (χ2v) is 10.4. The lowest BCUT2D eigenvalue weighted by molar-refractivity contribution is 0.102. The van der Waals surface area contributed by atoms with E-state index in [0.29, 0.717) is 30.3 Å². The van der Waals surface area contributed by atoms with Crippen LogP contribution in [0, 0.1) is 0 Å². The number of nitrogens with zero attached hydrogens (tertiary/aromatic N) is 3. The van der Waals surface area contributed by atoms with Crippen molar-refractivity contribution in [3.05, 3.63) is 66.1 Å². The first-order chi connectivity index (χ1) is 15.5. The first-order valence-electron chi connectivity index (χ1n) is 10.4. The first-order valence-corrected chi connectivity index (χ1v) is 12.9. The number of carbonyl (C=O) groups is 1. The van der Waals surface area contributed by atoms with E-state index < -0.39 is 15.9 Å². The van der Waals surface area contributed by atoms with E-state index in [2.05, 4.69) is 15.5 Å². The Morgan fingerprint density at radius 2 is 1.66 bits per heavy atom. The monoisotopic (exact) mass is 472 g/mol. The van der Waals surface area contributed by atoms with Crippen LogP contribution in [0.15, 0.2) is 68.8 Å². The third kappa shape index (κ3) is 5.56. The molecule has 0 atom stereocenters. The number of sulfonamides is 1. The van der Waals surface area contributed by atoms with E-state index in [1.807, 2.05) is 30.3 Å². The highest BCUT2D eigenvalue weighted by atomic mass is 32.2. The van der Waals surface area contributed by atoms with E-state index in [1.165, 1.54) is 28.6 Å². The molecule has 8 nitrogen and oxygen atoms in total. The van der Waals surface area contributed by atoms with Gasteiger partial charge in [0.05, 0.1) is 10.6 Å². The lowest BCUT2D eigenvalue weighted by Gasteiger charge is -2.19. The summed E-state index contributed by atoms with van der Waals surface area (Å²) in [5.74, 6) is 0.429. The number of rotatable bonds is 7. The van der Waals surface area contributed by atoms with E-state index in [-0.39, 0.29) is 10.9 Å². The van der Waals surface area contributed by atoms with Gasteiger partial charge in [0.15, 0.2) is 0 Å². The summed E-state index contributed by atoms with van der Waals surface area (Å²) in [6.07, 6.45) is 3.84. The maximum absolute atomic E-state index is 12.9. The summed E-state index contributed by atoms with van der Waals surface area (Å²) < 4.78 is 32.8. The fourth-order valence-corrected chi connectivity index (χ4v) is 5.68. The van der Waals surface area contributed by atoms with Crippen LogP contribution in [0.2, 0.25) is 0 Å². The Kier molecular flexibility index (Phi) is 7.23. The Bertz CT molecular complexity index is 1140. The van der Waals surface area contributed by atoms with Gasteiger partial charge in [-0.25, -0.2) is 8.42 Å². The molecule has 0 aliphatic carbocycles. The summed E-state index contributed by atoms with van der Waals surface area (Å²) in [4.78, 5) is 13.8. The van der Waals surface area contributed by atoms with Crippen LogP contribution in [-0.4, -0.2) is 41.9 Å². The maximum Gasteiger partial charge on any atom is 0.322 e. The number of hydrogen-bond donors (Lipinski definition) is 1. The zero-order valence-corrected chi connectivity index (χ0v) is 19.1. The highest BCUT2D eigenvalue weighted by molar-refractivity contribution is 7.98. The van der Waals surface area contributed by atoms with Crippen LogP contribution in [0.25, 0.3) is 0 Å². The minimum Gasteiger partial charge on any atom is -0.407 e. The van der Waals surface area contributed by atoms with E-state index in [9.17, 15) is 13.2 Å². The summed E-state index contributed by atoms with van der Waals surface area (Å²) >= 11 is 1.55. The Balaban J connectivity index is 1.36. The van der Waals surface area contributed by atoms with Crippen LogP contribution in [0.5, 0.6) is 0 Å². The van der Waals surface area contributed by atoms with Crippen LogP contribution in [0.3, 0.4) is 0 Å². The fraction of sp³-hybridized carbons (Fsp3) is 0.318. The molecule has 168 valence electrons. The van der Waals surface area contributed by atoms with E-state index in [4.69, 9.17) is 4.42 Å². The van der Waals surface area contributed by atoms with Crippen LogP contribution >= 0.6 is 11.8 Å². The SMILES string of the molecule is O=C(Nc1nnc(CSc2ccccc2)o1)c1ccc(S(=O)(=O)N2CCCCCC2)cc1. The summed E-state index contributed by atoms with van der Waals surface area (Å²) in [6.45, 7) is 1.07. The van der Waals surface area contributed by atoms with Crippen molar-refractivity contribution < 1.29 is 17.6 Å². The van der Waals surface area contributed by atoms with E-state index in [1.54, 1.807) is 11.8 Å². The van der Waals surface area contributed by atoms with Crippen molar-refractivity contribution in [1.82, 2.24) is 14.5 Å². The molecule has 3 aromatic rings. The standard InChI is InChI=1S/C22H24N4O4S2/c27-21(23-22-25-24-20(30-22)16-31-18-8-4-3-5-9-18)17-10-12-19(13-11-17)32(28,29)26-14-6-1-2-7-15-26/h3-5,8-13H,1-2,6-7,14-16H2,(H,23,25,27). The van der Waals surface area contributed by atoms with Gasteiger partial charge in [-0.3, -0.25) is 10.1 Å².